The Hall–Kier alpha value is -1.13. The van der Waals surface area contributed by atoms with Crippen molar-refractivity contribution < 1.29 is 40.6 Å². The maximum atomic E-state index is 12.3. The van der Waals surface area contributed by atoms with Crippen molar-refractivity contribution in [1.29, 1.82) is 0 Å². The van der Waals surface area contributed by atoms with Gasteiger partial charge in [-0.3, -0.25) is 4.79 Å². The number of carbonyl (C=O) groups excluding carboxylic acids is 1. The van der Waals surface area contributed by atoms with Gasteiger partial charge in [0.15, 0.2) is 11.2 Å². The van der Waals surface area contributed by atoms with E-state index in [0.717, 1.165) is 0 Å². The molecule has 1 aliphatic heterocycles. The van der Waals surface area contributed by atoms with Crippen molar-refractivity contribution >= 4 is 17.0 Å². The first kappa shape index (κ1) is 18.9. The molecule has 0 aromatic rings. The van der Waals surface area contributed by atoms with E-state index < -0.39 is 39.5 Å². The Balaban J connectivity index is 2.99. The number of carbonyl (C=O) groups is 1. The van der Waals surface area contributed by atoms with Crippen LogP contribution >= 0.6 is 0 Å². The SMILES string of the molecule is C=C(OS(=O)C(F)(F)F)C1(C(=O)OCC)COC(C)(C)OC1. The maximum absolute atomic E-state index is 12.3. The molecule has 0 N–H and O–H groups in total. The molecule has 0 aromatic heterocycles. The van der Waals surface area contributed by atoms with Crippen LogP contribution in [0, 0.1) is 5.41 Å². The quantitative estimate of drug-likeness (QED) is 0.560. The molecule has 1 aliphatic rings. The van der Waals surface area contributed by atoms with Crippen LogP contribution in [0.5, 0.6) is 0 Å². The van der Waals surface area contributed by atoms with Crippen LogP contribution in [0.25, 0.3) is 0 Å². The van der Waals surface area contributed by atoms with Crippen LogP contribution in [0.15, 0.2) is 12.3 Å². The minimum absolute atomic E-state index is 0.0143. The molecule has 0 radical (unpaired) electrons. The first-order valence-electron chi connectivity index (χ1n) is 6.26. The molecule has 1 unspecified atom stereocenters. The normalized spacial score (nSPS) is 21.7. The van der Waals surface area contributed by atoms with Crippen LogP contribution in [0.1, 0.15) is 20.8 Å². The molecule has 0 bridgehead atoms. The summed E-state index contributed by atoms with van der Waals surface area (Å²) in [5.41, 5.74) is -6.92. The smallest absolute Gasteiger partial charge is 0.465 e. The van der Waals surface area contributed by atoms with Gasteiger partial charge in [-0.05, 0) is 20.8 Å². The third-order valence-corrected chi connectivity index (χ3v) is 3.63. The fourth-order valence-corrected chi connectivity index (χ4v) is 1.99. The van der Waals surface area contributed by atoms with Gasteiger partial charge in [-0.15, -0.1) is 0 Å². The molecule has 128 valence electrons. The van der Waals surface area contributed by atoms with E-state index in [1.807, 2.05) is 0 Å². The van der Waals surface area contributed by atoms with Crippen LogP contribution in [0.2, 0.25) is 0 Å². The molecule has 0 spiro atoms. The van der Waals surface area contributed by atoms with Gasteiger partial charge in [-0.2, -0.15) is 13.2 Å². The zero-order valence-corrected chi connectivity index (χ0v) is 13.1. The lowest BCUT2D eigenvalue weighted by Gasteiger charge is -2.41. The second-order valence-electron chi connectivity index (χ2n) is 4.97. The van der Waals surface area contributed by atoms with E-state index in [2.05, 4.69) is 10.8 Å². The molecule has 1 rings (SSSR count). The highest BCUT2D eigenvalue weighted by atomic mass is 32.2. The lowest BCUT2D eigenvalue weighted by atomic mass is 9.87. The van der Waals surface area contributed by atoms with Gasteiger partial charge in [0.2, 0.25) is 0 Å². The van der Waals surface area contributed by atoms with Crippen LogP contribution in [-0.2, 0) is 34.3 Å². The van der Waals surface area contributed by atoms with E-state index in [-0.39, 0.29) is 19.8 Å². The van der Waals surface area contributed by atoms with E-state index >= 15 is 0 Å². The summed E-state index contributed by atoms with van der Waals surface area (Å²) in [4.78, 5) is 12.1. The molecular weight excluding hydrogens is 329 g/mol. The largest absolute Gasteiger partial charge is 0.508 e. The summed E-state index contributed by atoms with van der Waals surface area (Å²) >= 11 is -3.65. The van der Waals surface area contributed by atoms with E-state index in [4.69, 9.17) is 14.2 Å². The minimum Gasteiger partial charge on any atom is -0.465 e. The molecule has 1 atom stereocenters. The number of rotatable bonds is 5. The van der Waals surface area contributed by atoms with Crippen LogP contribution in [0.3, 0.4) is 0 Å². The Morgan fingerprint density at radius 3 is 2.23 bits per heavy atom. The molecule has 0 aromatic carbocycles. The van der Waals surface area contributed by atoms with Crippen molar-refractivity contribution in [3.8, 4) is 0 Å². The fourth-order valence-electron chi connectivity index (χ4n) is 1.56. The van der Waals surface area contributed by atoms with Crippen LogP contribution in [0.4, 0.5) is 13.2 Å². The average Bonchev–Trinajstić information content (AvgIpc) is 2.38. The number of ether oxygens (including phenoxy) is 3. The monoisotopic (exact) mass is 346 g/mol. The predicted molar refractivity (Wildman–Crippen MR) is 69.5 cm³/mol. The van der Waals surface area contributed by atoms with Crippen LogP contribution in [-0.4, -0.2) is 41.3 Å². The summed E-state index contributed by atoms with van der Waals surface area (Å²) < 4.78 is 67.7. The average molecular weight is 346 g/mol. The Morgan fingerprint density at radius 1 is 1.32 bits per heavy atom. The minimum atomic E-state index is -5.10. The summed E-state index contributed by atoms with van der Waals surface area (Å²) in [6.45, 7) is 7.19. The van der Waals surface area contributed by atoms with Gasteiger partial charge in [-0.25, -0.2) is 4.21 Å². The summed E-state index contributed by atoms with van der Waals surface area (Å²) in [5.74, 6) is -2.63. The Labute approximate surface area is 128 Å². The standard InChI is InChI=1S/C12H17F3O6S/c1-5-18-9(16)11(6-19-10(3,4)20-7-11)8(2)21-22(17)12(13,14)15/h2,5-7H2,1,3-4H3. The molecule has 0 aliphatic carbocycles. The first-order chi connectivity index (χ1) is 9.94. The van der Waals surface area contributed by atoms with Crippen molar-refractivity contribution in [2.45, 2.75) is 32.1 Å². The number of halogens is 3. The van der Waals surface area contributed by atoms with Crippen molar-refractivity contribution in [2.75, 3.05) is 19.8 Å². The van der Waals surface area contributed by atoms with Crippen molar-refractivity contribution in [3.05, 3.63) is 12.3 Å². The van der Waals surface area contributed by atoms with Gasteiger partial charge in [0.1, 0.15) is 5.76 Å². The lowest BCUT2D eigenvalue weighted by molar-refractivity contribution is -0.281. The number of hydrogen-bond donors (Lipinski definition) is 0. The number of esters is 1. The van der Waals surface area contributed by atoms with Crippen molar-refractivity contribution in [3.63, 3.8) is 0 Å². The van der Waals surface area contributed by atoms with E-state index in [1.54, 1.807) is 13.8 Å². The van der Waals surface area contributed by atoms with Gasteiger partial charge in [-0.1, -0.05) is 6.58 Å². The molecule has 22 heavy (non-hydrogen) atoms. The molecule has 1 fully saturated rings. The Bertz CT molecular complexity index is 464. The highest BCUT2D eigenvalue weighted by molar-refractivity contribution is 7.81. The molecule has 10 heteroatoms. The lowest BCUT2D eigenvalue weighted by Crippen LogP contribution is -2.52. The third-order valence-electron chi connectivity index (χ3n) is 2.90. The summed E-state index contributed by atoms with van der Waals surface area (Å²) in [6, 6.07) is 0. The molecule has 0 saturated carbocycles. The number of hydrogen-bond acceptors (Lipinski definition) is 6. The highest BCUT2D eigenvalue weighted by Gasteiger charge is 2.53. The van der Waals surface area contributed by atoms with Crippen molar-refractivity contribution in [1.82, 2.24) is 0 Å². The molecule has 1 saturated heterocycles. The fraction of sp³-hybridized carbons (Fsp3) is 0.750. The predicted octanol–water partition coefficient (Wildman–Crippen LogP) is 2.03. The van der Waals surface area contributed by atoms with Gasteiger partial charge in [0, 0.05) is 0 Å². The van der Waals surface area contributed by atoms with Gasteiger partial charge >= 0.3 is 22.6 Å². The van der Waals surface area contributed by atoms with E-state index in [0.29, 0.717) is 0 Å². The summed E-state index contributed by atoms with van der Waals surface area (Å²) in [7, 11) is 0. The number of alkyl halides is 3. The second kappa shape index (κ2) is 6.55. The molecular formula is C12H17F3O6S. The summed E-state index contributed by atoms with van der Waals surface area (Å²) in [5, 5.41) is 0. The van der Waals surface area contributed by atoms with Crippen molar-refractivity contribution in [2.24, 2.45) is 5.41 Å². The van der Waals surface area contributed by atoms with Crippen LogP contribution < -0.4 is 0 Å². The van der Waals surface area contributed by atoms with E-state index in [1.165, 1.54) is 6.92 Å². The zero-order valence-electron chi connectivity index (χ0n) is 12.3. The summed E-state index contributed by atoms with van der Waals surface area (Å²) in [6.07, 6.45) is 0. The molecule has 1 heterocycles. The topological polar surface area (TPSA) is 71.1 Å². The zero-order chi connectivity index (χ0) is 17.2. The maximum Gasteiger partial charge on any atom is 0.508 e. The van der Waals surface area contributed by atoms with Gasteiger partial charge in [0.25, 0.3) is 0 Å². The Morgan fingerprint density at radius 2 is 1.82 bits per heavy atom. The second-order valence-corrected chi connectivity index (χ2v) is 6.07. The molecule has 6 nitrogen and oxygen atoms in total. The van der Waals surface area contributed by atoms with Gasteiger partial charge in [0.05, 0.1) is 19.8 Å². The third kappa shape index (κ3) is 4.20. The Kier molecular flexibility index (Phi) is 5.63. The van der Waals surface area contributed by atoms with Gasteiger partial charge < -0.3 is 18.4 Å². The first-order valence-corrected chi connectivity index (χ1v) is 7.33. The highest BCUT2D eigenvalue weighted by Crippen LogP contribution is 2.38. The van der Waals surface area contributed by atoms with E-state index in [9.17, 15) is 22.2 Å². The molecule has 0 amide bonds.